The topological polar surface area (TPSA) is 42.0 Å². The molecule has 154 valence electrons. The molecule has 3 nitrogen and oxygen atoms in total. The summed E-state index contributed by atoms with van der Waals surface area (Å²) in [5.41, 5.74) is 2.87. The molecule has 0 saturated heterocycles. The van der Waals surface area contributed by atoms with E-state index in [0.29, 0.717) is 22.8 Å². The monoisotopic (exact) mass is 422 g/mol. The number of rotatable bonds is 3. The number of aromatic nitrogens is 1. The average Bonchev–Trinajstić information content (AvgIpc) is 2.75. The maximum absolute atomic E-state index is 13.9. The highest BCUT2D eigenvalue weighted by atomic mass is 35.5. The second-order valence-electron chi connectivity index (χ2n) is 8.68. The van der Waals surface area contributed by atoms with Crippen molar-refractivity contribution < 1.29 is 9.18 Å². The molecule has 0 radical (unpaired) electrons. The first-order chi connectivity index (χ1) is 14.6. The number of nitrogens with one attached hydrogen (secondary N) is 1. The van der Waals surface area contributed by atoms with Crippen LogP contribution in [0.3, 0.4) is 0 Å². The van der Waals surface area contributed by atoms with Gasteiger partial charge in [0.1, 0.15) is 5.82 Å². The van der Waals surface area contributed by atoms with Crippen LogP contribution in [0.5, 0.6) is 0 Å². The van der Waals surface area contributed by atoms with E-state index in [1.165, 1.54) is 11.6 Å². The molecule has 3 aromatic rings. The molecule has 2 bridgehead atoms. The van der Waals surface area contributed by atoms with Gasteiger partial charge < -0.3 is 5.32 Å². The van der Waals surface area contributed by atoms with Gasteiger partial charge in [-0.1, -0.05) is 11.6 Å². The third-order valence-corrected chi connectivity index (χ3v) is 7.28. The molecule has 2 aliphatic carbocycles. The normalized spacial score (nSPS) is 25.8. The van der Waals surface area contributed by atoms with E-state index in [1.807, 2.05) is 18.3 Å². The lowest BCUT2D eigenvalue weighted by Crippen LogP contribution is -2.39. The van der Waals surface area contributed by atoms with Crippen LogP contribution in [0, 0.1) is 23.6 Å². The van der Waals surface area contributed by atoms with Crippen LogP contribution in [-0.2, 0) is 4.79 Å². The Labute approximate surface area is 180 Å². The number of carbonyl (C=O) groups excluding carboxylic acids is 1. The van der Waals surface area contributed by atoms with Crippen molar-refractivity contribution >= 4 is 34.1 Å². The smallest absolute Gasteiger partial charge is 0.227 e. The second kappa shape index (κ2) is 7.99. The largest absolute Gasteiger partial charge is 0.326 e. The molecule has 1 aromatic heterocycles. The van der Waals surface area contributed by atoms with E-state index in [0.717, 1.165) is 48.7 Å². The van der Waals surface area contributed by atoms with Crippen molar-refractivity contribution in [2.45, 2.75) is 38.0 Å². The van der Waals surface area contributed by atoms with E-state index < -0.39 is 0 Å². The first-order valence-electron chi connectivity index (χ1n) is 10.7. The molecule has 5 heteroatoms. The van der Waals surface area contributed by atoms with Gasteiger partial charge in [-0.05, 0) is 104 Å². The Morgan fingerprint density at radius 1 is 1.00 bits per heavy atom. The van der Waals surface area contributed by atoms with Gasteiger partial charge >= 0.3 is 0 Å². The molecule has 5 rings (SSSR count). The Kier molecular flexibility index (Phi) is 5.20. The van der Waals surface area contributed by atoms with Gasteiger partial charge in [0.15, 0.2) is 0 Å². The molecule has 4 atom stereocenters. The van der Waals surface area contributed by atoms with Crippen LogP contribution >= 0.6 is 11.6 Å². The average molecular weight is 423 g/mol. The van der Waals surface area contributed by atoms with Gasteiger partial charge in [-0.3, -0.25) is 9.78 Å². The Morgan fingerprint density at radius 3 is 2.63 bits per heavy atom. The highest BCUT2D eigenvalue weighted by Crippen LogP contribution is 2.51. The van der Waals surface area contributed by atoms with Gasteiger partial charge in [-0.2, -0.15) is 0 Å². The molecule has 1 N–H and O–H groups in total. The molecular weight excluding hydrogens is 399 g/mol. The van der Waals surface area contributed by atoms with Crippen LogP contribution in [0.4, 0.5) is 10.1 Å². The summed E-state index contributed by atoms with van der Waals surface area (Å²) in [5, 5.41) is 4.66. The van der Waals surface area contributed by atoms with E-state index in [-0.39, 0.29) is 17.6 Å². The highest BCUT2D eigenvalue weighted by Gasteiger charge is 2.42. The number of carbonyl (C=O) groups is 1. The number of nitrogens with zero attached hydrogens (tertiary/aromatic N) is 1. The van der Waals surface area contributed by atoms with Crippen LogP contribution in [0.1, 0.15) is 43.6 Å². The van der Waals surface area contributed by atoms with Crippen molar-refractivity contribution in [3.8, 4) is 0 Å². The van der Waals surface area contributed by atoms with Gasteiger partial charge in [-0.15, -0.1) is 0 Å². The zero-order valence-corrected chi connectivity index (χ0v) is 17.4. The quantitative estimate of drug-likeness (QED) is 0.518. The van der Waals surface area contributed by atoms with Crippen LogP contribution in [0.25, 0.3) is 10.9 Å². The predicted octanol–water partition coefficient (Wildman–Crippen LogP) is 6.58. The molecule has 2 aromatic carbocycles. The zero-order chi connectivity index (χ0) is 20.7. The first kappa shape index (κ1) is 19.5. The summed E-state index contributed by atoms with van der Waals surface area (Å²) in [6.07, 6.45) is 6.89. The Hall–Kier alpha value is -2.46. The Morgan fingerprint density at radius 2 is 1.80 bits per heavy atom. The lowest BCUT2D eigenvalue weighted by atomic mass is 9.61. The standard InChI is InChI=1S/C25H24ClFN2O/c26-17-3-6-19(7-4-17)29-25(30)21-9-2-15-13-16(21)1-8-20(15)22-11-12-28-24-10-5-18(27)14-23(22)24/h3-7,10-12,14-16,20-21H,1-2,8-9,13H2,(H,29,30)/t15-,16-,20+,21-/m0/s1. The SMILES string of the molecule is O=C(Nc1ccc(Cl)cc1)[C@H]1CC[C@H]2C[C@@H]1CC[C@H]2c1ccnc2ccc(F)cc12. The summed E-state index contributed by atoms with van der Waals surface area (Å²) >= 11 is 5.94. The van der Waals surface area contributed by atoms with Gasteiger partial charge in [0.25, 0.3) is 0 Å². The number of benzene rings is 2. The molecule has 30 heavy (non-hydrogen) atoms. The second-order valence-corrected chi connectivity index (χ2v) is 9.12. The fourth-order valence-corrected chi connectivity index (χ4v) is 5.73. The summed E-state index contributed by atoms with van der Waals surface area (Å²) in [5.74, 6) is 1.33. The maximum atomic E-state index is 13.9. The number of pyridine rings is 1. The van der Waals surface area contributed by atoms with Gasteiger partial charge in [-0.25, -0.2) is 4.39 Å². The molecule has 0 spiro atoms. The van der Waals surface area contributed by atoms with Gasteiger partial charge in [0, 0.05) is 28.2 Å². The van der Waals surface area contributed by atoms with Crippen LogP contribution in [0.15, 0.2) is 54.7 Å². The molecule has 2 saturated carbocycles. The van der Waals surface area contributed by atoms with Crippen LogP contribution < -0.4 is 5.32 Å². The fraction of sp³-hybridized carbons (Fsp3) is 0.360. The summed E-state index contributed by atoms with van der Waals surface area (Å²) in [7, 11) is 0. The fourth-order valence-electron chi connectivity index (χ4n) is 5.60. The number of fused-ring (bicyclic) bond motifs is 3. The van der Waals surface area contributed by atoms with Crippen LogP contribution in [-0.4, -0.2) is 10.9 Å². The summed E-state index contributed by atoms with van der Waals surface area (Å²) in [4.78, 5) is 17.3. The van der Waals surface area contributed by atoms with E-state index in [2.05, 4.69) is 16.4 Å². The minimum Gasteiger partial charge on any atom is -0.326 e. The highest BCUT2D eigenvalue weighted by molar-refractivity contribution is 6.30. The molecule has 2 aliphatic rings. The molecule has 1 heterocycles. The van der Waals surface area contributed by atoms with E-state index in [1.54, 1.807) is 24.3 Å². The molecule has 2 fully saturated rings. The van der Waals surface area contributed by atoms with Gasteiger partial charge in [0.05, 0.1) is 5.52 Å². The van der Waals surface area contributed by atoms with Gasteiger partial charge in [0.2, 0.25) is 5.91 Å². The third kappa shape index (κ3) is 3.69. The molecular formula is C25H24ClFN2O. The minimum absolute atomic E-state index is 0.0597. The lowest BCUT2D eigenvalue weighted by molar-refractivity contribution is -0.123. The van der Waals surface area contributed by atoms with Crippen molar-refractivity contribution in [3.05, 3.63) is 71.1 Å². The molecule has 1 amide bonds. The summed E-state index contributed by atoms with van der Waals surface area (Å²) < 4.78 is 13.9. The first-order valence-corrected chi connectivity index (χ1v) is 11.1. The van der Waals surface area contributed by atoms with Crippen molar-refractivity contribution in [1.29, 1.82) is 0 Å². The number of hydrogen-bond acceptors (Lipinski definition) is 2. The maximum Gasteiger partial charge on any atom is 0.227 e. The van der Waals surface area contributed by atoms with Crippen LogP contribution in [0.2, 0.25) is 5.02 Å². The van der Waals surface area contributed by atoms with Crippen molar-refractivity contribution in [1.82, 2.24) is 4.98 Å². The third-order valence-electron chi connectivity index (χ3n) is 7.03. The zero-order valence-electron chi connectivity index (χ0n) is 16.7. The van der Waals surface area contributed by atoms with Crippen molar-refractivity contribution in [3.63, 3.8) is 0 Å². The number of halogens is 2. The number of hydrogen-bond donors (Lipinski definition) is 1. The molecule has 0 aliphatic heterocycles. The van der Waals surface area contributed by atoms with Crippen molar-refractivity contribution in [2.75, 3.05) is 5.32 Å². The lowest BCUT2D eigenvalue weighted by Gasteiger charge is -2.44. The summed E-state index contributed by atoms with van der Waals surface area (Å²) in [6.45, 7) is 0. The summed E-state index contributed by atoms with van der Waals surface area (Å²) in [6, 6.07) is 14.2. The Bertz CT molecular complexity index is 1080. The number of amides is 1. The van der Waals surface area contributed by atoms with E-state index in [9.17, 15) is 9.18 Å². The van der Waals surface area contributed by atoms with E-state index >= 15 is 0 Å². The molecule has 0 unspecified atom stereocenters. The van der Waals surface area contributed by atoms with E-state index in [4.69, 9.17) is 11.6 Å². The van der Waals surface area contributed by atoms with Crippen molar-refractivity contribution in [2.24, 2.45) is 17.8 Å². The number of anilines is 1. The minimum atomic E-state index is -0.215. The Balaban J connectivity index is 1.32. The predicted molar refractivity (Wildman–Crippen MR) is 118 cm³/mol.